The number of rotatable bonds is 9. The average molecular weight is 415 g/mol. The summed E-state index contributed by atoms with van der Waals surface area (Å²) < 4.78 is 11.6. The standard InChI is InChI=1S/C24H34N2O4/c1-19-7-9-21(10-8-19)30-18-24(28)17-26(12-11-23(24)27)16-20-5-4-6-22(15-20)29-14-13-25(2)3/h4-10,15,23,27-28H,11-14,16-18H2,1-3H3/t23-,24-/m0/s1. The first-order chi connectivity index (χ1) is 14.3. The van der Waals surface area contributed by atoms with Crippen LogP contribution in [0.5, 0.6) is 11.5 Å². The molecule has 6 nitrogen and oxygen atoms in total. The Hall–Kier alpha value is -2.12. The molecule has 0 unspecified atom stereocenters. The molecule has 1 aliphatic rings. The molecule has 0 bridgehead atoms. The van der Waals surface area contributed by atoms with Crippen LogP contribution < -0.4 is 9.47 Å². The third-order valence-corrected chi connectivity index (χ3v) is 5.46. The van der Waals surface area contributed by atoms with Crippen LogP contribution in [0.2, 0.25) is 0 Å². The fourth-order valence-electron chi connectivity index (χ4n) is 3.60. The summed E-state index contributed by atoms with van der Waals surface area (Å²) in [7, 11) is 4.04. The van der Waals surface area contributed by atoms with Crippen molar-refractivity contribution >= 4 is 0 Å². The number of ether oxygens (including phenoxy) is 2. The molecule has 2 aromatic carbocycles. The van der Waals surface area contributed by atoms with E-state index in [4.69, 9.17) is 9.47 Å². The van der Waals surface area contributed by atoms with Crippen molar-refractivity contribution in [1.29, 1.82) is 0 Å². The SMILES string of the molecule is Cc1ccc(OC[C@@]2(O)CN(Cc3cccc(OCCN(C)C)c3)CC[C@@H]2O)cc1. The molecule has 0 aromatic heterocycles. The van der Waals surface area contributed by atoms with Crippen molar-refractivity contribution in [3.8, 4) is 11.5 Å². The Kier molecular flexibility index (Phi) is 7.72. The largest absolute Gasteiger partial charge is 0.492 e. The van der Waals surface area contributed by atoms with Gasteiger partial charge in [0.25, 0.3) is 0 Å². The molecule has 1 aliphatic heterocycles. The molecular formula is C24H34N2O4. The van der Waals surface area contributed by atoms with Gasteiger partial charge in [-0.2, -0.15) is 0 Å². The fraction of sp³-hybridized carbons (Fsp3) is 0.500. The van der Waals surface area contributed by atoms with Crippen LogP contribution in [0.25, 0.3) is 0 Å². The number of aryl methyl sites for hydroxylation is 1. The molecule has 2 N–H and O–H groups in total. The lowest BCUT2D eigenvalue weighted by molar-refractivity contribution is -0.140. The van der Waals surface area contributed by atoms with Gasteiger partial charge in [0.2, 0.25) is 0 Å². The van der Waals surface area contributed by atoms with E-state index in [9.17, 15) is 10.2 Å². The number of hydrogen-bond acceptors (Lipinski definition) is 6. The molecule has 0 amide bonds. The van der Waals surface area contributed by atoms with Gasteiger partial charge in [0.1, 0.15) is 30.3 Å². The molecular weight excluding hydrogens is 380 g/mol. The summed E-state index contributed by atoms with van der Waals surface area (Å²) in [6, 6.07) is 15.8. The number of piperidine rings is 1. The molecule has 164 valence electrons. The minimum absolute atomic E-state index is 0.0570. The van der Waals surface area contributed by atoms with Crippen molar-refractivity contribution in [1.82, 2.24) is 9.80 Å². The van der Waals surface area contributed by atoms with Gasteiger partial charge in [-0.1, -0.05) is 29.8 Å². The van der Waals surface area contributed by atoms with Crippen molar-refractivity contribution in [2.45, 2.75) is 31.6 Å². The Labute approximate surface area is 179 Å². The molecule has 0 saturated carbocycles. The molecule has 1 fully saturated rings. The van der Waals surface area contributed by atoms with Gasteiger partial charge in [0.05, 0.1) is 6.10 Å². The highest BCUT2D eigenvalue weighted by Crippen LogP contribution is 2.26. The zero-order valence-corrected chi connectivity index (χ0v) is 18.3. The van der Waals surface area contributed by atoms with Crippen LogP contribution in [0.4, 0.5) is 0 Å². The van der Waals surface area contributed by atoms with Crippen LogP contribution >= 0.6 is 0 Å². The molecule has 0 aliphatic carbocycles. The predicted octanol–water partition coefficient (Wildman–Crippen LogP) is 2.31. The number of benzene rings is 2. The van der Waals surface area contributed by atoms with Crippen LogP contribution in [-0.4, -0.2) is 78.7 Å². The van der Waals surface area contributed by atoms with Crippen LogP contribution in [-0.2, 0) is 6.54 Å². The summed E-state index contributed by atoms with van der Waals surface area (Å²) in [5.74, 6) is 1.55. The van der Waals surface area contributed by atoms with Gasteiger partial charge in [-0.3, -0.25) is 4.90 Å². The zero-order chi connectivity index (χ0) is 21.6. The molecule has 0 spiro atoms. The fourth-order valence-corrected chi connectivity index (χ4v) is 3.60. The summed E-state index contributed by atoms with van der Waals surface area (Å²) >= 11 is 0. The minimum Gasteiger partial charge on any atom is -0.492 e. The maximum atomic E-state index is 11.1. The second kappa shape index (κ2) is 10.3. The van der Waals surface area contributed by atoms with Gasteiger partial charge in [-0.05, 0) is 57.3 Å². The van der Waals surface area contributed by atoms with E-state index in [0.29, 0.717) is 31.9 Å². The highest BCUT2D eigenvalue weighted by atomic mass is 16.5. The minimum atomic E-state index is -1.30. The molecule has 1 saturated heterocycles. The maximum absolute atomic E-state index is 11.1. The highest BCUT2D eigenvalue weighted by Gasteiger charge is 2.42. The molecule has 0 radical (unpaired) electrons. The monoisotopic (exact) mass is 414 g/mol. The van der Waals surface area contributed by atoms with E-state index in [-0.39, 0.29) is 6.61 Å². The first kappa shape index (κ1) is 22.6. The number of likely N-dealkylation sites (N-methyl/N-ethyl adjacent to an activating group) is 1. The molecule has 6 heteroatoms. The zero-order valence-electron chi connectivity index (χ0n) is 18.3. The Balaban J connectivity index is 1.57. The van der Waals surface area contributed by atoms with E-state index in [2.05, 4.69) is 15.9 Å². The van der Waals surface area contributed by atoms with Crippen LogP contribution in [0.15, 0.2) is 48.5 Å². The third kappa shape index (κ3) is 6.44. The van der Waals surface area contributed by atoms with Crippen molar-refractivity contribution < 1.29 is 19.7 Å². The van der Waals surface area contributed by atoms with E-state index in [1.165, 1.54) is 0 Å². The van der Waals surface area contributed by atoms with Gasteiger partial charge in [0, 0.05) is 26.2 Å². The molecule has 1 heterocycles. The Morgan fingerprint density at radius 2 is 1.87 bits per heavy atom. The van der Waals surface area contributed by atoms with E-state index in [1.807, 2.05) is 63.5 Å². The Bertz CT molecular complexity index is 796. The molecule has 2 atom stereocenters. The normalized spacial score (nSPS) is 22.3. The van der Waals surface area contributed by atoms with Crippen molar-refractivity contribution in [2.75, 3.05) is 46.9 Å². The smallest absolute Gasteiger partial charge is 0.137 e. The van der Waals surface area contributed by atoms with E-state index < -0.39 is 11.7 Å². The number of β-amino-alcohol motifs (C(OH)–C–C–N with tert-alkyl or cyclic N) is 1. The first-order valence-corrected chi connectivity index (χ1v) is 10.5. The quantitative estimate of drug-likeness (QED) is 0.657. The van der Waals surface area contributed by atoms with Gasteiger partial charge in [-0.25, -0.2) is 0 Å². The number of hydrogen-bond donors (Lipinski definition) is 2. The lowest BCUT2D eigenvalue weighted by Gasteiger charge is -2.42. The summed E-state index contributed by atoms with van der Waals surface area (Å²) in [4.78, 5) is 4.24. The Morgan fingerprint density at radius 1 is 1.10 bits per heavy atom. The number of aliphatic hydroxyl groups excluding tert-OH is 1. The van der Waals surface area contributed by atoms with Gasteiger partial charge in [-0.15, -0.1) is 0 Å². The van der Waals surface area contributed by atoms with Crippen molar-refractivity contribution in [3.63, 3.8) is 0 Å². The third-order valence-electron chi connectivity index (χ3n) is 5.46. The van der Waals surface area contributed by atoms with Crippen LogP contribution in [0.3, 0.4) is 0 Å². The molecule has 30 heavy (non-hydrogen) atoms. The van der Waals surface area contributed by atoms with Crippen LogP contribution in [0, 0.1) is 6.92 Å². The van der Waals surface area contributed by atoms with E-state index >= 15 is 0 Å². The number of nitrogens with zero attached hydrogens (tertiary/aromatic N) is 2. The highest BCUT2D eigenvalue weighted by molar-refractivity contribution is 5.29. The topological polar surface area (TPSA) is 65.4 Å². The summed E-state index contributed by atoms with van der Waals surface area (Å²) in [5, 5.41) is 21.5. The maximum Gasteiger partial charge on any atom is 0.137 e. The predicted molar refractivity (Wildman–Crippen MR) is 118 cm³/mol. The second-order valence-electron chi connectivity index (χ2n) is 8.52. The number of likely N-dealkylation sites (tertiary alicyclic amines) is 1. The van der Waals surface area contributed by atoms with Gasteiger partial charge in [0.15, 0.2) is 0 Å². The lowest BCUT2D eigenvalue weighted by Crippen LogP contribution is -2.59. The Morgan fingerprint density at radius 3 is 2.60 bits per heavy atom. The average Bonchev–Trinajstić information content (AvgIpc) is 2.71. The van der Waals surface area contributed by atoms with Crippen molar-refractivity contribution in [2.24, 2.45) is 0 Å². The second-order valence-corrected chi connectivity index (χ2v) is 8.52. The van der Waals surface area contributed by atoms with Gasteiger partial charge < -0.3 is 24.6 Å². The summed E-state index contributed by atoms with van der Waals surface area (Å²) in [6.45, 7) is 5.34. The lowest BCUT2D eigenvalue weighted by atomic mass is 9.90. The van der Waals surface area contributed by atoms with E-state index in [1.54, 1.807) is 0 Å². The number of aliphatic hydroxyl groups is 2. The molecule has 2 aromatic rings. The molecule has 3 rings (SSSR count). The van der Waals surface area contributed by atoms with Crippen molar-refractivity contribution in [3.05, 3.63) is 59.7 Å². The van der Waals surface area contributed by atoms with Gasteiger partial charge >= 0.3 is 0 Å². The first-order valence-electron chi connectivity index (χ1n) is 10.5. The summed E-state index contributed by atoms with van der Waals surface area (Å²) in [5.41, 5.74) is 0.969. The summed E-state index contributed by atoms with van der Waals surface area (Å²) in [6.07, 6.45) is -0.299. The van der Waals surface area contributed by atoms with Crippen LogP contribution in [0.1, 0.15) is 17.5 Å². The van der Waals surface area contributed by atoms with E-state index in [0.717, 1.165) is 30.0 Å².